The Morgan fingerprint density at radius 3 is 2.69 bits per heavy atom. The molecule has 0 spiro atoms. The number of anilines is 2. The molecule has 0 fully saturated rings. The van der Waals surface area contributed by atoms with Gasteiger partial charge in [0.05, 0.1) is 17.6 Å². The molecule has 0 radical (unpaired) electrons. The summed E-state index contributed by atoms with van der Waals surface area (Å²) >= 11 is 0. The van der Waals surface area contributed by atoms with Gasteiger partial charge in [0.25, 0.3) is 0 Å². The third-order valence-corrected chi connectivity index (χ3v) is 4.80. The van der Waals surface area contributed by atoms with Gasteiger partial charge >= 0.3 is 0 Å². The predicted octanol–water partition coefficient (Wildman–Crippen LogP) is 2.80. The smallest absolute Gasteiger partial charge is 0.228 e. The number of benzene rings is 1. The quantitative estimate of drug-likeness (QED) is 0.723. The molecule has 4 rings (SSSR count). The molecular weight excluding hydrogens is 368 g/mol. The highest BCUT2D eigenvalue weighted by Gasteiger charge is 2.24. The molecule has 29 heavy (non-hydrogen) atoms. The lowest BCUT2D eigenvalue weighted by Crippen LogP contribution is -2.37. The number of nitrogens with one attached hydrogen (secondary N) is 1. The Balaban J connectivity index is 1.32. The topological polar surface area (TPSA) is 93.0 Å². The molecule has 0 saturated heterocycles. The van der Waals surface area contributed by atoms with E-state index in [1.54, 1.807) is 23.5 Å². The second-order valence-corrected chi connectivity index (χ2v) is 6.98. The minimum Gasteiger partial charge on any atom is -0.326 e. The van der Waals surface area contributed by atoms with E-state index in [-0.39, 0.29) is 24.7 Å². The Kier molecular flexibility index (Phi) is 5.33. The third kappa shape index (κ3) is 4.31. The van der Waals surface area contributed by atoms with Crippen LogP contribution in [0.2, 0.25) is 0 Å². The first-order valence-corrected chi connectivity index (χ1v) is 9.61. The van der Waals surface area contributed by atoms with Crippen LogP contribution in [0.5, 0.6) is 0 Å². The van der Waals surface area contributed by atoms with Gasteiger partial charge in [0.1, 0.15) is 5.82 Å². The summed E-state index contributed by atoms with van der Waals surface area (Å²) in [5.74, 6) is 0.574. The number of hydrogen-bond donors (Lipinski definition) is 1. The van der Waals surface area contributed by atoms with Crippen LogP contribution < -0.4 is 10.2 Å². The van der Waals surface area contributed by atoms with E-state index in [4.69, 9.17) is 0 Å². The predicted molar refractivity (Wildman–Crippen MR) is 109 cm³/mol. The molecule has 0 aliphatic carbocycles. The van der Waals surface area contributed by atoms with E-state index in [1.807, 2.05) is 41.9 Å². The van der Waals surface area contributed by atoms with Crippen LogP contribution in [0.25, 0.3) is 11.3 Å². The van der Waals surface area contributed by atoms with E-state index in [0.717, 1.165) is 35.7 Å². The first-order chi connectivity index (χ1) is 14.1. The van der Waals surface area contributed by atoms with E-state index in [2.05, 4.69) is 20.4 Å². The molecule has 2 aromatic heterocycles. The number of carbonyl (C=O) groups excluding carboxylic acids is 2. The van der Waals surface area contributed by atoms with Crippen molar-refractivity contribution in [3.63, 3.8) is 0 Å². The highest BCUT2D eigenvalue weighted by molar-refractivity contribution is 5.97. The first kappa shape index (κ1) is 18.8. The lowest BCUT2D eigenvalue weighted by molar-refractivity contribution is -0.122. The molecule has 0 atom stereocenters. The summed E-state index contributed by atoms with van der Waals surface area (Å²) in [6.07, 6.45) is 6.11. The molecule has 3 heterocycles. The summed E-state index contributed by atoms with van der Waals surface area (Å²) in [6, 6.07) is 9.30. The van der Waals surface area contributed by atoms with Crippen LogP contribution in [0, 0.1) is 6.92 Å². The van der Waals surface area contributed by atoms with Crippen LogP contribution in [-0.4, -0.2) is 38.1 Å². The monoisotopic (exact) mass is 390 g/mol. The molecule has 1 aliphatic heterocycles. The maximum Gasteiger partial charge on any atom is 0.228 e. The summed E-state index contributed by atoms with van der Waals surface area (Å²) in [5, 5.41) is 7.24. The fourth-order valence-electron chi connectivity index (χ4n) is 3.41. The number of rotatable bonds is 5. The Labute approximate surface area is 168 Å². The Morgan fingerprint density at radius 1 is 1.10 bits per heavy atom. The van der Waals surface area contributed by atoms with Crippen molar-refractivity contribution in [1.82, 2.24) is 19.7 Å². The number of fused-ring (bicyclic) bond motifs is 1. The molecule has 8 heteroatoms. The molecule has 0 saturated carbocycles. The summed E-state index contributed by atoms with van der Waals surface area (Å²) in [7, 11) is 0. The van der Waals surface area contributed by atoms with Crippen LogP contribution in [-0.2, 0) is 16.1 Å². The van der Waals surface area contributed by atoms with E-state index in [1.165, 1.54) is 0 Å². The summed E-state index contributed by atoms with van der Waals surface area (Å²) in [6.45, 7) is 3.39. The third-order valence-electron chi connectivity index (χ3n) is 4.80. The second kappa shape index (κ2) is 8.22. The number of aromatic nitrogens is 4. The minimum absolute atomic E-state index is 0.0565. The number of nitrogens with zero attached hydrogens (tertiary/aromatic N) is 5. The summed E-state index contributed by atoms with van der Waals surface area (Å²) in [4.78, 5) is 34.9. The van der Waals surface area contributed by atoms with Crippen LogP contribution in [0.4, 0.5) is 11.5 Å². The molecular formula is C21H22N6O2. The van der Waals surface area contributed by atoms with Crippen LogP contribution >= 0.6 is 0 Å². The molecule has 0 unspecified atom stereocenters. The minimum atomic E-state index is -0.188. The average Bonchev–Trinajstić information content (AvgIpc) is 3.13. The maximum atomic E-state index is 12.6. The van der Waals surface area contributed by atoms with Crippen LogP contribution in [0.15, 0.2) is 48.9 Å². The van der Waals surface area contributed by atoms with Crippen molar-refractivity contribution in [1.29, 1.82) is 0 Å². The number of amides is 2. The average molecular weight is 390 g/mol. The van der Waals surface area contributed by atoms with E-state index in [9.17, 15) is 9.59 Å². The number of aryl methyl sites for hydroxylation is 2. The maximum absolute atomic E-state index is 12.6. The van der Waals surface area contributed by atoms with Crippen molar-refractivity contribution in [2.45, 2.75) is 32.7 Å². The Morgan fingerprint density at radius 2 is 1.93 bits per heavy atom. The van der Waals surface area contributed by atoms with E-state index < -0.39 is 0 Å². The van der Waals surface area contributed by atoms with Gasteiger partial charge in [0.2, 0.25) is 11.8 Å². The standard InChI is InChI=1S/C21H22N6O2/c1-15-13-20-26(11-2-12-27(20)25-15)21(29)8-7-19(28)24-17-5-3-16(4-6-17)18-14-22-9-10-23-18/h3-6,9-10,13-14H,2,7-8,11-12H2,1H3,(H,24,28). The van der Waals surface area contributed by atoms with Gasteiger partial charge in [-0.2, -0.15) is 5.10 Å². The molecule has 1 N–H and O–H groups in total. The molecule has 0 bridgehead atoms. The van der Waals surface area contributed by atoms with Gasteiger partial charge in [-0.15, -0.1) is 0 Å². The van der Waals surface area contributed by atoms with E-state index >= 15 is 0 Å². The number of hydrogen-bond acceptors (Lipinski definition) is 5. The molecule has 148 valence electrons. The summed E-state index contributed by atoms with van der Waals surface area (Å²) in [5.41, 5.74) is 3.26. The molecule has 3 aromatic rings. The van der Waals surface area contributed by atoms with Gasteiger partial charge in [0.15, 0.2) is 0 Å². The van der Waals surface area contributed by atoms with Crippen LogP contribution in [0.1, 0.15) is 25.0 Å². The van der Waals surface area contributed by atoms with Crippen molar-refractivity contribution in [3.8, 4) is 11.3 Å². The molecule has 1 aromatic carbocycles. The fourth-order valence-corrected chi connectivity index (χ4v) is 3.41. The normalized spacial score (nSPS) is 13.1. The zero-order valence-corrected chi connectivity index (χ0v) is 16.2. The van der Waals surface area contributed by atoms with Crippen molar-refractivity contribution >= 4 is 23.3 Å². The van der Waals surface area contributed by atoms with E-state index in [0.29, 0.717) is 12.2 Å². The van der Waals surface area contributed by atoms with Gasteiger partial charge in [-0.25, -0.2) is 4.68 Å². The van der Waals surface area contributed by atoms with Crippen molar-refractivity contribution < 1.29 is 9.59 Å². The largest absolute Gasteiger partial charge is 0.326 e. The van der Waals surface area contributed by atoms with Gasteiger partial charge in [-0.05, 0) is 25.5 Å². The van der Waals surface area contributed by atoms with Gasteiger partial charge in [-0.3, -0.25) is 24.5 Å². The first-order valence-electron chi connectivity index (χ1n) is 9.61. The van der Waals surface area contributed by atoms with Gasteiger partial charge in [0, 0.05) is 55.6 Å². The molecule has 2 amide bonds. The van der Waals surface area contributed by atoms with Crippen molar-refractivity contribution in [2.75, 3.05) is 16.8 Å². The van der Waals surface area contributed by atoms with Crippen molar-refractivity contribution in [3.05, 3.63) is 54.6 Å². The zero-order chi connectivity index (χ0) is 20.2. The van der Waals surface area contributed by atoms with Gasteiger partial charge in [-0.1, -0.05) is 12.1 Å². The van der Waals surface area contributed by atoms with Gasteiger partial charge < -0.3 is 5.32 Å². The fraction of sp³-hybridized carbons (Fsp3) is 0.286. The molecule has 8 nitrogen and oxygen atoms in total. The SMILES string of the molecule is Cc1cc2n(n1)CCCN2C(=O)CCC(=O)Nc1ccc(-c2cnccn2)cc1. The number of carbonyl (C=O) groups is 2. The summed E-state index contributed by atoms with van der Waals surface area (Å²) < 4.78 is 1.86. The highest BCUT2D eigenvalue weighted by Crippen LogP contribution is 2.23. The van der Waals surface area contributed by atoms with Crippen molar-refractivity contribution in [2.24, 2.45) is 0 Å². The zero-order valence-electron chi connectivity index (χ0n) is 16.2. The molecule has 1 aliphatic rings. The lowest BCUT2D eigenvalue weighted by atomic mass is 10.1. The van der Waals surface area contributed by atoms with Crippen LogP contribution in [0.3, 0.4) is 0 Å². The lowest BCUT2D eigenvalue weighted by Gasteiger charge is -2.27. The Hall–Kier alpha value is -3.55. The Bertz CT molecular complexity index is 1010. The highest BCUT2D eigenvalue weighted by atomic mass is 16.2. The second-order valence-electron chi connectivity index (χ2n) is 6.98.